The van der Waals surface area contributed by atoms with E-state index in [1.54, 1.807) is 49.7 Å². The smallest absolute Gasteiger partial charge is 0.434 e. The minimum Gasteiger partial charge on any atom is -0.477 e. The molecule has 1 aromatic carbocycles. The van der Waals surface area contributed by atoms with Crippen LogP contribution >= 0.6 is 0 Å². The zero-order valence-electron chi connectivity index (χ0n) is 21.9. The lowest BCUT2D eigenvalue weighted by atomic mass is 10.1. The van der Waals surface area contributed by atoms with E-state index in [1.807, 2.05) is 6.92 Å². The van der Waals surface area contributed by atoms with E-state index in [4.69, 9.17) is 9.47 Å². The van der Waals surface area contributed by atoms with Crippen molar-refractivity contribution in [3.63, 3.8) is 0 Å². The zero-order chi connectivity index (χ0) is 28.4. The summed E-state index contributed by atoms with van der Waals surface area (Å²) in [6, 6.07) is 10.3. The first kappa shape index (κ1) is 27.1. The highest BCUT2D eigenvalue weighted by Gasteiger charge is 2.34. The monoisotopic (exact) mass is 553 g/mol. The maximum atomic E-state index is 13.1. The number of nitrogens with zero attached hydrogens (tertiary/aromatic N) is 6. The summed E-state index contributed by atoms with van der Waals surface area (Å²) in [6.07, 6.45) is 0.267. The normalized spacial score (nSPS) is 12.7. The van der Waals surface area contributed by atoms with Gasteiger partial charge in [0, 0.05) is 38.5 Å². The maximum Gasteiger partial charge on any atom is 0.434 e. The number of rotatable bonds is 9. The number of hydrogen-bond acceptors (Lipinski definition) is 7. The summed E-state index contributed by atoms with van der Waals surface area (Å²) in [6.45, 7) is 2.51. The molecule has 1 unspecified atom stereocenters. The third-order valence-electron chi connectivity index (χ3n) is 6.41. The highest BCUT2D eigenvalue weighted by atomic mass is 19.4. The molecule has 0 aliphatic rings. The number of H-pyrrole nitrogens is 1. The molecule has 0 bridgehead atoms. The zero-order valence-corrected chi connectivity index (χ0v) is 21.9. The first-order valence-corrected chi connectivity index (χ1v) is 12.4. The number of halogens is 3. The number of ether oxygens (including phenoxy) is 2. The van der Waals surface area contributed by atoms with Gasteiger partial charge in [0.2, 0.25) is 5.88 Å². The van der Waals surface area contributed by atoms with Crippen LogP contribution in [0, 0.1) is 0 Å². The molecule has 0 saturated heterocycles. The highest BCUT2D eigenvalue weighted by molar-refractivity contribution is 5.74. The topological polar surface area (TPSA) is 113 Å². The van der Waals surface area contributed by atoms with Gasteiger partial charge in [-0.25, -0.2) is 24.7 Å². The number of aromatic nitrogens is 7. The van der Waals surface area contributed by atoms with Gasteiger partial charge in [-0.15, -0.1) is 0 Å². The Labute approximate surface area is 226 Å². The van der Waals surface area contributed by atoms with E-state index in [-0.39, 0.29) is 24.2 Å². The highest BCUT2D eigenvalue weighted by Crippen LogP contribution is 2.31. The number of alkyl halides is 3. The van der Waals surface area contributed by atoms with Crippen molar-refractivity contribution in [2.45, 2.75) is 32.2 Å². The van der Waals surface area contributed by atoms with Crippen molar-refractivity contribution in [2.75, 3.05) is 13.7 Å². The van der Waals surface area contributed by atoms with Crippen LogP contribution in [-0.4, -0.2) is 53.9 Å². The minimum absolute atomic E-state index is 0.0317. The van der Waals surface area contributed by atoms with Crippen LogP contribution in [0.1, 0.15) is 24.6 Å². The van der Waals surface area contributed by atoms with E-state index >= 15 is 0 Å². The Morgan fingerprint density at radius 3 is 2.58 bits per heavy atom. The predicted molar refractivity (Wildman–Crippen MR) is 141 cm³/mol. The van der Waals surface area contributed by atoms with Gasteiger partial charge in [-0.1, -0.05) is 24.3 Å². The van der Waals surface area contributed by atoms with Crippen LogP contribution < -0.4 is 10.4 Å². The number of nitrogens with one attached hydrogen (secondary N) is 1. The summed E-state index contributed by atoms with van der Waals surface area (Å²) in [5.41, 5.74) is 1.35. The lowest BCUT2D eigenvalue weighted by Gasteiger charge is -2.12. The van der Waals surface area contributed by atoms with Crippen molar-refractivity contribution in [3.05, 3.63) is 76.7 Å². The van der Waals surface area contributed by atoms with E-state index in [1.165, 1.54) is 22.4 Å². The molecule has 0 radical (unpaired) electrons. The molecular weight excluding hydrogens is 527 g/mol. The Hall–Kier alpha value is -4.52. The Bertz CT molecular complexity index is 1690. The molecule has 1 N–H and O–H groups in total. The Morgan fingerprint density at radius 1 is 1.10 bits per heavy atom. The molecule has 10 nitrogen and oxygen atoms in total. The van der Waals surface area contributed by atoms with E-state index < -0.39 is 11.9 Å². The van der Waals surface area contributed by atoms with Gasteiger partial charge in [-0.2, -0.15) is 13.2 Å². The molecule has 5 rings (SSSR count). The molecular formula is C27H26F3N7O3. The number of imidazole rings is 2. The van der Waals surface area contributed by atoms with Crippen LogP contribution in [0.25, 0.3) is 33.9 Å². The van der Waals surface area contributed by atoms with E-state index in [0.29, 0.717) is 47.0 Å². The molecule has 0 aliphatic carbocycles. The summed E-state index contributed by atoms with van der Waals surface area (Å²) in [5, 5.41) is 0. The minimum atomic E-state index is -4.53. The second-order valence-electron chi connectivity index (χ2n) is 9.24. The third-order valence-corrected chi connectivity index (χ3v) is 6.41. The first-order valence-electron chi connectivity index (χ1n) is 12.4. The largest absolute Gasteiger partial charge is 0.477 e. The van der Waals surface area contributed by atoms with Gasteiger partial charge in [0.05, 0.1) is 31.0 Å². The van der Waals surface area contributed by atoms with Crippen molar-refractivity contribution in [1.82, 2.24) is 34.1 Å². The lowest BCUT2D eigenvalue weighted by molar-refractivity contribution is -0.140. The standard InChI is InChI=1S/C27H26F3N7O3/c1-16(39-3)10-12-40-25-19(5-4-11-31-25)22-32-13-20-24(35-22)37(26(38)33-20)14-17-6-8-18(9-7-17)23-34-21(15-36(23)2)27(28,29)30/h4-9,11,13,15-16H,10,12,14H2,1-3H3,(H,33,38). The Kier molecular flexibility index (Phi) is 7.39. The summed E-state index contributed by atoms with van der Waals surface area (Å²) < 4.78 is 53.1. The van der Waals surface area contributed by atoms with Crippen LogP contribution in [-0.2, 0) is 24.5 Å². The number of pyridine rings is 1. The molecule has 40 heavy (non-hydrogen) atoms. The van der Waals surface area contributed by atoms with Crippen LogP contribution in [0.3, 0.4) is 0 Å². The Balaban J connectivity index is 1.41. The van der Waals surface area contributed by atoms with Crippen LogP contribution in [0.4, 0.5) is 13.2 Å². The van der Waals surface area contributed by atoms with Crippen molar-refractivity contribution >= 4 is 11.2 Å². The fourth-order valence-corrected chi connectivity index (χ4v) is 4.15. The third kappa shape index (κ3) is 5.59. The number of methoxy groups -OCH3 is 1. The molecule has 0 aliphatic heterocycles. The second-order valence-corrected chi connectivity index (χ2v) is 9.24. The molecule has 4 heterocycles. The molecule has 0 fully saturated rings. The van der Waals surface area contributed by atoms with E-state index in [9.17, 15) is 18.0 Å². The van der Waals surface area contributed by atoms with Gasteiger partial charge in [-0.3, -0.25) is 4.57 Å². The number of fused-ring (bicyclic) bond motifs is 1. The van der Waals surface area contributed by atoms with Crippen molar-refractivity contribution in [1.29, 1.82) is 0 Å². The molecule has 4 aromatic heterocycles. The first-order chi connectivity index (χ1) is 19.1. The second kappa shape index (κ2) is 10.9. The van der Waals surface area contributed by atoms with Crippen molar-refractivity contribution in [3.8, 4) is 28.7 Å². The Morgan fingerprint density at radius 2 is 1.88 bits per heavy atom. The fraction of sp³-hybridized carbons (Fsp3) is 0.296. The van der Waals surface area contributed by atoms with Crippen LogP contribution in [0.15, 0.2) is 59.8 Å². The van der Waals surface area contributed by atoms with Gasteiger partial charge < -0.3 is 19.0 Å². The number of benzene rings is 1. The van der Waals surface area contributed by atoms with E-state index in [2.05, 4.69) is 24.9 Å². The average molecular weight is 554 g/mol. The molecule has 208 valence electrons. The van der Waals surface area contributed by atoms with Crippen LogP contribution in [0.2, 0.25) is 0 Å². The van der Waals surface area contributed by atoms with Gasteiger partial charge >= 0.3 is 11.9 Å². The number of aryl methyl sites for hydroxylation is 1. The summed E-state index contributed by atoms with van der Waals surface area (Å²) >= 11 is 0. The average Bonchev–Trinajstić information content (AvgIpc) is 3.48. The van der Waals surface area contributed by atoms with E-state index in [0.717, 1.165) is 11.8 Å². The number of hydrogen-bond donors (Lipinski definition) is 1. The molecule has 0 amide bonds. The molecule has 5 aromatic rings. The molecule has 0 spiro atoms. The van der Waals surface area contributed by atoms with Gasteiger partial charge in [0.1, 0.15) is 11.3 Å². The summed E-state index contributed by atoms with van der Waals surface area (Å²) in [7, 11) is 3.14. The quantitative estimate of drug-likeness (QED) is 0.287. The van der Waals surface area contributed by atoms with Gasteiger partial charge in [-0.05, 0) is 24.6 Å². The number of aromatic amines is 1. The van der Waals surface area contributed by atoms with Crippen molar-refractivity contribution in [2.24, 2.45) is 7.05 Å². The van der Waals surface area contributed by atoms with Crippen molar-refractivity contribution < 1.29 is 22.6 Å². The van der Waals surface area contributed by atoms with Gasteiger partial charge in [0.15, 0.2) is 17.2 Å². The SMILES string of the molecule is COC(C)CCOc1ncccc1-c1ncc2[nH]c(=O)n(Cc3ccc(-c4nc(C(F)(F)F)cn4C)cc3)c2n1. The van der Waals surface area contributed by atoms with Gasteiger partial charge in [0.25, 0.3) is 0 Å². The predicted octanol–water partition coefficient (Wildman–Crippen LogP) is 4.45. The fourth-order valence-electron chi connectivity index (χ4n) is 4.15. The summed E-state index contributed by atoms with van der Waals surface area (Å²) in [5.74, 6) is 0.897. The molecule has 0 saturated carbocycles. The van der Waals surface area contributed by atoms with Crippen LogP contribution in [0.5, 0.6) is 5.88 Å². The molecule has 1 atom stereocenters. The maximum absolute atomic E-state index is 13.1. The lowest BCUT2D eigenvalue weighted by Crippen LogP contribution is -2.17. The summed E-state index contributed by atoms with van der Waals surface area (Å²) in [4.78, 5) is 32.6. The molecule has 13 heteroatoms.